The molecule has 3 aromatic rings. The summed E-state index contributed by atoms with van der Waals surface area (Å²) >= 11 is 0. The van der Waals surface area contributed by atoms with Crippen LogP contribution in [0.2, 0.25) is 0 Å². The summed E-state index contributed by atoms with van der Waals surface area (Å²) in [6, 6.07) is 13.3. The van der Waals surface area contributed by atoms with Crippen LogP contribution in [0.5, 0.6) is 5.75 Å². The van der Waals surface area contributed by atoms with E-state index in [0.717, 1.165) is 29.7 Å². The number of hydrogen-bond acceptors (Lipinski definition) is 4. The first-order valence-corrected chi connectivity index (χ1v) is 11.4. The van der Waals surface area contributed by atoms with Crippen LogP contribution in [-0.2, 0) is 12.6 Å². The molecule has 192 valence electrons. The van der Waals surface area contributed by atoms with Crippen LogP contribution in [0.4, 0.5) is 23.2 Å². The number of nitrogens with one attached hydrogen (secondary N) is 2. The monoisotopic (exact) mass is 512 g/mol. The molecule has 9 heteroatoms. The zero-order valence-corrected chi connectivity index (χ0v) is 20.3. The van der Waals surface area contributed by atoms with Crippen molar-refractivity contribution in [2.45, 2.75) is 32.0 Å². The second-order valence-corrected chi connectivity index (χ2v) is 9.35. The molecule has 4 rings (SSSR count). The Hall–Kier alpha value is -4.14. The lowest BCUT2D eigenvalue weighted by Gasteiger charge is -2.35. The number of benzene rings is 3. The Kier molecular flexibility index (Phi) is 6.82. The van der Waals surface area contributed by atoms with Gasteiger partial charge in [-0.05, 0) is 80.4 Å². The minimum atomic E-state index is -4.90. The van der Waals surface area contributed by atoms with Gasteiger partial charge in [-0.3, -0.25) is 9.59 Å². The van der Waals surface area contributed by atoms with E-state index >= 15 is 0 Å². The van der Waals surface area contributed by atoms with Crippen molar-refractivity contribution in [3.8, 4) is 5.75 Å². The Bertz CT molecular complexity index is 1390. The second kappa shape index (κ2) is 9.72. The summed E-state index contributed by atoms with van der Waals surface area (Å²) in [5, 5.41) is 5.75. The Morgan fingerprint density at radius 3 is 2.38 bits per heavy atom. The van der Waals surface area contributed by atoms with Gasteiger partial charge < -0.3 is 15.4 Å². The number of halogens is 4. The number of carbonyl (C=O) groups excluding carboxylic acids is 2. The zero-order valence-electron chi connectivity index (χ0n) is 20.3. The molecule has 0 saturated heterocycles. The minimum Gasteiger partial charge on any atom is -0.497 e. The van der Waals surface area contributed by atoms with Crippen molar-refractivity contribution in [1.29, 1.82) is 0 Å². The van der Waals surface area contributed by atoms with Crippen LogP contribution >= 0.6 is 0 Å². The molecule has 0 spiro atoms. The Morgan fingerprint density at radius 1 is 1.03 bits per heavy atom. The number of rotatable bonds is 5. The van der Waals surface area contributed by atoms with Crippen LogP contribution in [-0.4, -0.2) is 24.3 Å². The van der Waals surface area contributed by atoms with Crippen molar-refractivity contribution in [3.05, 3.63) is 100 Å². The van der Waals surface area contributed by atoms with Crippen LogP contribution in [0.25, 0.3) is 5.70 Å². The predicted octanol–water partition coefficient (Wildman–Crippen LogP) is 6.25. The van der Waals surface area contributed by atoms with Gasteiger partial charge in [-0.15, -0.1) is 0 Å². The molecule has 2 N–H and O–H groups in total. The fourth-order valence-electron chi connectivity index (χ4n) is 4.23. The van der Waals surface area contributed by atoms with Crippen molar-refractivity contribution in [3.63, 3.8) is 0 Å². The number of hydrogen-bond donors (Lipinski definition) is 2. The van der Waals surface area contributed by atoms with Gasteiger partial charge in [0.25, 0.3) is 5.91 Å². The molecule has 0 saturated carbocycles. The van der Waals surface area contributed by atoms with E-state index in [1.54, 1.807) is 7.11 Å². The number of ketones is 1. The standard InChI is InChI=1S/C28H24F4N2O3/c1-27(2)15-17-6-10-20(37-3)13-22(17)24(34-27)14-25(35)16-4-8-19(9-5-16)33-26(36)21-11-7-18(29)12-23(21)28(30,31)32/h4-14,34H,15H2,1-3H3,(H,33,36)/b24-14-. The van der Waals surface area contributed by atoms with Gasteiger partial charge in [-0.1, -0.05) is 6.07 Å². The molecule has 37 heavy (non-hydrogen) atoms. The van der Waals surface area contributed by atoms with E-state index < -0.39 is 29.0 Å². The Balaban J connectivity index is 1.56. The van der Waals surface area contributed by atoms with Gasteiger partial charge in [0.05, 0.1) is 18.2 Å². The molecule has 1 aliphatic rings. The van der Waals surface area contributed by atoms with Gasteiger partial charge >= 0.3 is 6.18 Å². The van der Waals surface area contributed by atoms with Crippen molar-refractivity contribution in [2.75, 3.05) is 12.4 Å². The lowest BCUT2D eigenvalue weighted by atomic mass is 9.85. The van der Waals surface area contributed by atoms with Crippen LogP contribution < -0.4 is 15.4 Å². The molecule has 1 heterocycles. The number of allylic oxidation sites excluding steroid dienone is 1. The first-order chi connectivity index (χ1) is 17.4. The molecule has 1 aliphatic heterocycles. The van der Waals surface area contributed by atoms with Crippen molar-refractivity contribution in [2.24, 2.45) is 0 Å². The maximum Gasteiger partial charge on any atom is 0.417 e. The molecule has 0 atom stereocenters. The third-order valence-electron chi connectivity index (χ3n) is 5.95. The predicted molar refractivity (Wildman–Crippen MR) is 132 cm³/mol. The first kappa shape index (κ1) is 25.9. The van der Waals surface area contributed by atoms with Crippen LogP contribution in [0.15, 0.2) is 66.7 Å². The highest BCUT2D eigenvalue weighted by Gasteiger charge is 2.35. The van der Waals surface area contributed by atoms with Crippen LogP contribution in [0.3, 0.4) is 0 Å². The van der Waals surface area contributed by atoms with E-state index in [2.05, 4.69) is 10.6 Å². The number of alkyl halides is 3. The SMILES string of the molecule is COc1ccc2c(c1)/C(=C/C(=O)c1ccc(NC(=O)c3ccc(F)cc3C(F)(F)F)cc1)NC(C)(C)C2. The van der Waals surface area contributed by atoms with Gasteiger partial charge in [-0.25, -0.2) is 4.39 Å². The molecule has 0 radical (unpaired) electrons. The number of ether oxygens (including phenoxy) is 1. The fraction of sp³-hybridized carbons (Fsp3) is 0.214. The van der Waals surface area contributed by atoms with Crippen LogP contribution in [0, 0.1) is 5.82 Å². The average molecular weight is 513 g/mol. The quantitative estimate of drug-likeness (QED) is 0.241. The molecular weight excluding hydrogens is 488 g/mol. The van der Waals surface area contributed by atoms with Gasteiger partial charge in [0.15, 0.2) is 5.78 Å². The normalized spacial score (nSPS) is 15.5. The van der Waals surface area contributed by atoms with E-state index in [1.807, 2.05) is 32.0 Å². The largest absolute Gasteiger partial charge is 0.497 e. The molecule has 0 aromatic heterocycles. The second-order valence-electron chi connectivity index (χ2n) is 9.35. The highest BCUT2D eigenvalue weighted by atomic mass is 19.4. The first-order valence-electron chi connectivity index (χ1n) is 11.4. The summed E-state index contributed by atoms with van der Waals surface area (Å²) in [6.45, 7) is 4.06. The van der Waals surface area contributed by atoms with E-state index in [0.29, 0.717) is 17.0 Å². The van der Waals surface area contributed by atoms with Crippen molar-refractivity contribution in [1.82, 2.24) is 5.32 Å². The summed E-state index contributed by atoms with van der Waals surface area (Å²) in [4.78, 5) is 25.5. The van der Waals surface area contributed by atoms with E-state index in [9.17, 15) is 27.2 Å². The highest BCUT2D eigenvalue weighted by Crippen LogP contribution is 2.34. The maximum atomic E-state index is 13.3. The lowest BCUT2D eigenvalue weighted by Crippen LogP contribution is -2.43. The fourth-order valence-corrected chi connectivity index (χ4v) is 4.23. The molecule has 0 aliphatic carbocycles. The summed E-state index contributed by atoms with van der Waals surface area (Å²) < 4.78 is 58.4. The smallest absolute Gasteiger partial charge is 0.417 e. The summed E-state index contributed by atoms with van der Waals surface area (Å²) in [6.07, 6.45) is -2.65. The number of methoxy groups -OCH3 is 1. The summed E-state index contributed by atoms with van der Waals surface area (Å²) in [5.74, 6) is -1.79. The molecule has 0 fully saturated rings. The third-order valence-corrected chi connectivity index (χ3v) is 5.95. The molecule has 1 amide bonds. The van der Waals surface area contributed by atoms with Crippen LogP contribution in [0.1, 0.15) is 51.3 Å². The molecular formula is C28H24F4N2O3. The van der Waals surface area contributed by atoms with Crippen molar-refractivity contribution < 1.29 is 31.9 Å². The Labute approximate surface area is 211 Å². The molecule has 3 aromatic carbocycles. The highest BCUT2D eigenvalue weighted by molar-refractivity contribution is 6.09. The van der Waals surface area contributed by atoms with Crippen molar-refractivity contribution >= 4 is 23.1 Å². The summed E-state index contributed by atoms with van der Waals surface area (Å²) in [7, 11) is 1.57. The molecule has 0 bridgehead atoms. The third kappa shape index (κ3) is 5.82. The molecule has 0 unspecified atom stereocenters. The number of anilines is 1. The van der Waals surface area contributed by atoms with E-state index in [-0.39, 0.29) is 23.1 Å². The minimum absolute atomic E-state index is 0.179. The Morgan fingerprint density at radius 2 is 1.73 bits per heavy atom. The van der Waals surface area contributed by atoms with E-state index in [1.165, 1.54) is 30.3 Å². The number of amides is 1. The zero-order chi connectivity index (χ0) is 27.0. The summed E-state index contributed by atoms with van der Waals surface area (Å²) in [5.41, 5.74) is 0.704. The van der Waals surface area contributed by atoms with Gasteiger partial charge in [0, 0.05) is 34.1 Å². The number of fused-ring (bicyclic) bond motifs is 1. The topological polar surface area (TPSA) is 67.4 Å². The van der Waals surface area contributed by atoms with E-state index in [4.69, 9.17) is 4.74 Å². The van der Waals surface area contributed by atoms with Gasteiger partial charge in [0.1, 0.15) is 11.6 Å². The lowest BCUT2D eigenvalue weighted by molar-refractivity contribution is -0.138. The maximum absolute atomic E-state index is 13.3. The van der Waals surface area contributed by atoms with Gasteiger partial charge in [-0.2, -0.15) is 13.2 Å². The molecule has 5 nitrogen and oxygen atoms in total. The number of carbonyl (C=O) groups is 2. The van der Waals surface area contributed by atoms with Gasteiger partial charge in [0.2, 0.25) is 0 Å². The average Bonchev–Trinajstić information content (AvgIpc) is 2.83.